The molecule has 0 bridgehead atoms. The number of anilines is 1. The molecular formula is C16H23BrN4. The molecule has 1 N–H and O–H groups in total. The Morgan fingerprint density at radius 2 is 1.95 bits per heavy atom. The summed E-state index contributed by atoms with van der Waals surface area (Å²) >= 11 is 3.48. The minimum absolute atomic E-state index is 0.357. The largest absolute Gasteiger partial charge is 0.348 e. The summed E-state index contributed by atoms with van der Waals surface area (Å²) in [5.74, 6) is 0.975. The van der Waals surface area contributed by atoms with Crippen molar-refractivity contribution in [3.05, 3.63) is 46.2 Å². The summed E-state index contributed by atoms with van der Waals surface area (Å²) in [5, 5.41) is 3.62. The third kappa shape index (κ3) is 3.86. The number of nitrogens with zero attached hydrogens (tertiary/aromatic N) is 3. The van der Waals surface area contributed by atoms with E-state index in [0.717, 1.165) is 23.4 Å². The van der Waals surface area contributed by atoms with Crippen LogP contribution in [-0.4, -0.2) is 23.6 Å². The van der Waals surface area contributed by atoms with Crippen LogP contribution in [0.2, 0.25) is 0 Å². The smallest absolute Gasteiger partial charge is 0.204 e. The molecule has 1 aromatic heterocycles. The van der Waals surface area contributed by atoms with Crippen LogP contribution in [0, 0.1) is 0 Å². The number of hydrogen-bond acceptors (Lipinski definition) is 3. The van der Waals surface area contributed by atoms with E-state index in [1.54, 1.807) is 0 Å². The Labute approximate surface area is 135 Å². The number of rotatable bonds is 6. The molecule has 0 spiro atoms. The average Bonchev–Trinajstić information content (AvgIpc) is 2.83. The molecular weight excluding hydrogens is 328 g/mol. The van der Waals surface area contributed by atoms with Crippen LogP contribution in [0.3, 0.4) is 0 Å². The van der Waals surface area contributed by atoms with Crippen LogP contribution in [0.4, 0.5) is 5.95 Å². The van der Waals surface area contributed by atoms with Gasteiger partial charge in [0.2, 0.25) is 5.95 Å². The number of imidazole rings is 1. The van der Waals surface area contributed by atoms with E-state index in [2.05, 4.69) is 69.0 Å². The summed E-state index contributed by atoms with van der Waals surface area (Å²) in [6.45, 7) is 3.01. The van der Waals surface area contributed by atoms with Gasteiger partial charge in [-0.15, -0.1) is 0 Å². The van der Waals surface area contributed by atoms with Gasteiger partial charge in [0.05, 0.1) is 11.9 Å². The Hall–Kier alpha value is -1.33. The van der Waals surface area contributed by atoms with E-state index in [9.17, 15) is 0 Å². The Bertz CT molecular complexity index is 574. The van der Waals surface area contributed by atoms with E-state index in [4.69, 9.17) is 0 Å². The molecule has 1 heterocycles. The molecule has 0 aliphatic rings. The normalized spacial score (nSPS) is 12.4. The van der Waals surface area contributed by atoms with E-state index in [0.29, 0.717) is 6.04 Å². The summed E-state index contributed by atoms with van der Waals surface area (Å²) < 4.78 is 3.24. The number of nitrogens with one attached hydrogen (secondary N) is 1. The molecule has 4 nitrogen and oxygen atoms in total. The standard InChI is InChI=1S/C16H23BrN4/c1-5-15(12-6-8-13(17)9-7-12)18-10-14-11-19-16(20(2)3)21(14)4/h6-9,11,15,18H,5,10H2,1-4H3. The fourth-order valence-corrected chi connectivity index (χ4v) is 2.70. The summed E-state index contributed by atoms with van der Waals surface area (Å²) in [7, 11) is 6.08. The van der Waals surface area contributed by atoms with Gasteiger partial charge in [-0.25, -0.2) is 4.98 Å². The van der Waals surface area contributed by atoms with Crippen molar-refractivity contribution >= 4 is 21.9 Å². The van der Waals surface area contributed by atoms with Crippen LogP contribution in [0.5, 0.6) is 0 Å². The molecule has 1 atom stereocenters. The Morgan fingerprint density at radius 1 is 1.29 bits per heavy atom. The number of aromatic nitrogens is 2. The van der Waals surface area contributed by atoms with Crippen LogP contribution < -0.4 is 10.2 Å². The third-order valence-electron chi connectivity index (χ3n) is 3.67. The van der Waals surface area contributed by atoms with E-state index in [-0.39, 0.29) is 0 Å². The predicted molar refractivity (Wildman–Crippen MR) is 91.5 cm³/mol. The Balaban J connectivity index is 2.05. The second-order valence-electron chi connectivity index (χ2n) is 5.40. The van der Waals surface area contributed by atoms with Crippen LogP contribution in [0.15, 0.2) is 34.9 Å². The highest BCUT2D eigenvalue weighted by molar-refractivity contribution is 9.10. The quantitative estimate of drug-likeness (QED) is 0.865. The second kappa shape index (κ2) is 7.09. The van der Waals surface area contributed by atoms with Gasteiger partial charge < -0.3 is 14.8 Å². The van der Waals surface area contributed by atoms with Crippen molar-refractivity contribution in [2.75, 3.05) is 19.0 Å². The van der Waals surface area contributed by atoms with Gasteiger partial charge in [-0.1, -0.05) is 35.0 Å². The molecule has 2 aromatic rings. The zero-order valence-corrected chi connectivity index (χ0v) is 14.7. The van der Waals surface area contributed by atoms with Crippen molar-refractivity contribution in [1.82, 2.24) is 14.9 Å². The fourth-order valence-electron chi connectivity index (χ4n) is 2.43. The van der Waals surface area contributed by atoms with Crippen molar-refractivity contribution in [3.63, 3.8) is 0 Å². The first-order valence-electron chi connectivity index (χ1n) is 7.19. The molecule has 0 aliphatic heterocycles. The van der Waals surface area contributed by atoms with E-state index >= 15 is 0 Å². The zero-order valence-electron chi connectivity index (χ0n) is 13.1. The van der Waals surface area contributed by atoms with Crippen LogP contribution >= 0.6 is 15.9 Å². The highest BCUT2D eigenvalue weighted by Crippen LogP contribution is 2.20. The molecule has 1 aromatic carbocycles. The molecule has 0 radical (unpaired) electrons. The van der Waals surface area contributed by atoms with Gasteiger partial charge in [0.15, 0.2) is 0 Å². The number of halogens is 1. The summed E-state index contributed by atoms with van der Waals surface area (Å²) in [6, 6.07) is 8.87. The van der Waals surface area contributed by atoms with Gasteiger partial charge in [-0.3, -0.25) is 0 Å². The molecule has 5 heteroatoms. The average molecular weight is 351 g/mol. The number of benzene rings is 1. The first-order valence-corrected chi connectivity index (χ1v) is 7.99. The van der Waals surface area contributed by atoms with Gasteiger partial charge in [-0.2, -0.15) is 0 Å². The molecule has 0 aliphatic carbocycles. The Morgan fingerprint density at radius 3 is 2.48 bits per heavy atom. The van der Waals surface area contributed by atoms with Gasteiger partial charge in [-0.05, 0) is 24.1 Å². The number of hydrogen-bond donors (Lipinski definition) is 1. The third-order valence-corrected chi connectivity index (χ3v) is 4.20. The van der Waals surface area contributed by atoms with E-state index in [1.807, 2.05) is 25.2 Å². The Kier molecular flexibility index (Phi) is 5.42. The minimum atomic E-state index is 0.357. The zero-order chi connectivity index (χ0) is 15.4. The fraction of sp³-hybridized carbons (Fsp3) is 0.438. The molecule has 0 saturated heterocycles. The van der Waals surface area contributed by atoms with Gasteiger partial charge in [0, 0.05) is 38.2 Å². The van der Waals surface area contributed by atoms with Crippen molar-refractivity contribution in [1.29, 1.82) is 0 Å². The minimum Gasteiger partial charge on any atom is -0.348 e. The van der Waals surface area contributed by atoms with Crippen LogP contribution in [-0.2, 0) is 13.6 Å². The van der Waals surface area contributed by atoms with E-state index in [1.165, 1.54) is 11.3 Å². The highest BCUT2D eigenvalue weighted by atomic mass is 79.9. The summed E-state index contributed by atoms with van der Waals surface area (Å²) in [5.41, 5.74) is 2.50. The van der Waals surface area contributed by atoms with E-state index < -0.39 is 0 Å². The van der Waals surface area contributed by atoms with Gasteiger partial charge in [0.1, 0.15) is 0 Å². The van der Waals surface area contributed by atoms with Crippen molar-refractivity contribution in [3.8, 4) is 0 Å². The van der Waals surface area contributed by atoms with Crippen LogP contribution in [0.25, 0.3) is 0 Å². The maximum atomic E-state index is 4.45. The molecule has 0 amide bonds. The lowest BCUT2D eigenvalue weighted by atomic mass is 10.0. The van der Waals surface area contributed by atoms with Gasteiger partial charge >= 0.3 is 0 Å². The maximum absolute atomic E-state index is 4.45. The first-order chi connectivity index (χ1) is 10.0. The van der Waals surface area contributed by atoms with Gasteiger partial charge in [0.25, 0.3) is 0 Å². The molecule has 2 rings (SSSR count). The second-order valence-corrected chi connectivity index (χ2v) is 6.31. The topological polar surface area (TPSA) is 33.1 Å². The summed E-state index contributed by atoms with van der Waals surface area (Å²) in [6.07, 6.45) is 3.00. The molecule has 0 saturated carbocycles. The highest BCUT2D eigenvalue weighted by Gasteiger charge is 2.12. The molecule has 1 unspecified atom stereocenters. The molecule has 114 valence electrons. The molecule has 0 fully saturated rings. The SMILES string of the molecule is CCC(NCc1cnc(N(C)C)n1C)c1ccc(Br)cc1. The lowest BCUT2D eigenvalue weighted by Gasteiger charge is -2.18. The molecule has 21 heavy (non-hydrogen) atoms. The monoisotopic (exact) mass is 350 g/mol. The van der Waals surface area contributed by atoms with Crippen molar-refractivity contribution < 1.29 is 0 Å². The van der Waals surface area contributed by atoms with Crippen LogP contribution in [0.1, 0.15) is 30.6 Å². The lowest BCUT2D eigenvalue weighted by Crippen LogP contribution is -2.22. The first kappa shape index (κ1) is 16.0. The van der Waals surface area contributed by atoms with Crippen molar-refractivity contribution in [2.45, 2.75) is 25.9 Å². The van der Waals surface area contributed by atoms with Crippen molar-refractivity contribution in [2.24, 2.45) is 7.05 Å². The summed E-state index contributed by atoms with van der Waals surface area (Å²) in [4.78, 5) is 6.47. The maximum Gasteiger partial charge on any atom is 0.204 e. The predicted octanol–water partition coefficient (Wildman–Crippen LogP) is 3.49. The lowest BCUT2D eigenvalue weighted by molar-refractivity contribution is 0.508.